The highest BCUT2D eigenvalue weighted by Gasteiger charge is 2.53. The number of hydrogen-bond acceptors (Lipinski definition) is 12. The smallest absolute Gasteiger partial charge is 0.387 e. The van der Waals surface area contributed by atoms with Crippen molar-refractivity contribution in [1.29, 1.82) is 0 Å². The summed E-state index contributed by atoms with van der Waals surface area (Å²) in [5.41, 5.74) is 0.799. The van der Waals surface area contributed by atoms with E-state index in [1.54, 1.807) is 10.6 Å². The molecule has 6 rings (SSSR count). The van der Waals surface area contributed by atoms with E-state index >= 15 is 4.39 Å². The number of terminal acetylenes is 1. The van der Waals surface area contributed by atoms with Crippen LogP contribution in [0.3, 0.4) is 0 Å². The Balaban J connectivity index is 1.31. The number of halogens is 1. The van der Waals surface area contributed by atoms with Crippen LogP contribution >= 0.6 is 15.6 Å². The number of hydrogen-bond donors (Lipinski definition) is 3. The van der Waals surface area contributed by atoms with Crippen LogP contribution in [-0.2, 0) is 36.7 Å². The molecule has 3 aromatic rings. The molecule has 2 bridgehead atoms. The number of nitrogens with zero attached hydrogens (tertiary/aromatic N) is 5. The molecule has 0 saturated carbocycles. The zero-order valence-electron chi connectivity index (χ0n) is 19.0. The third-order valence-corrected chi connectivity index (χ3v) is 8.25. The number of phosphoric ester groups is 2. The Hall–Kier alpha value is -2.32. The summed E-state index contributed by atoms with van der Waals surface area (Å²) in [7, 11) is -9.92. The van der Waals surface area contributed by atoms with Crippen LogP contribution in [0.25, 0.3) is 16.9 Å². The van der Waals surface area contributed by atoms with Gasteiger partial charge in [0.25, 0.3) is 0 Å². The number of imidazole rings is 2. The predicted molar refractivity (Wildman–Crippen MR) is 120 cm³/mol. The van der Waals surface area contributed by atoms with Gasteiger partial charge in [0.2, 0.25) is 5.78 Å². The summed E-state index contributed by atoms with van der Waals surface area (Å²) < 4.78 is 74.9. The maximum absolute atomic E-state index is 15.7. The first-order valence-electron chi connectivity index (χ1n) is 11.1. The third kappa shape index (κ3) is 4.57. The molecule has 3 aliphatic rings. The largest absolute Gasteiger partial charge is 0.472 e. The second-order valence-corrected chi connectivity index (χ2v) is 11.5. The van der Waals surface area contributed by atoms with Crippen LogP contribution in [0.5, 0.6) is 0 Å². The molecule has 0 aliphatic carbocycles. The SMILES string of the molecule is C#C[C@@H]1O[C@@H]2COP(=O)(O)O[C@H]3[C@@H](F)[C@H](n4cnc5nc6nccn6c5c4)O[C@@H]3COP(=O)(O)O[C@@H]1[C@@H]2O. The van der Waals surface area contributed by atoms with E-state index in [9.17, 15) is 24.0 Å². The van der Waals surface area contributed by atoms with E-state index in [0.29, 0.717) is 16.9 Å². The van der Waals surface area contributed by atoms with Crippen LogP contribution in [-0.4, -0.2) is 94.8 Å². The lowest BCUT2D eigenvalue weighted by Crippen LogP contribution is -2.36. The van der Waals surface area contributed by atoms with Gasteiger partial charge in [0.1, 0.15) is 42.1 Å². The third-order valence-electron chi connectivity index (χ3n) is 6.28. The number of phosphoric acid groups is 2. The maximum Gasteiger partial charge on any atom is 0.472 e. The van der Waals surface area contributed by atoms with Crippen molar-refractivity contribution in [2.75, 3.05) is 13.2 Å². The molecule has 0 amide bonds. The second kappa shape index (κ2) is 9.40. The van der Waals surface area contributed by atoms with E-state index in [0.717, 1.165) is 0 Å². The fraction of sp³-hybridized carbons (Fsp3) is 0.526. The van der Waals surface area contributed by atoms with Crippen molar-refractivity contribution in [2.45, 2.75) is 49.0 Å². The first-order chi connectivity index (χ1) is 18.0. The number of aliphatic hydroxyl groups excluding tert-OH is 1. The molecule has 3 saturated heterocycles. The lowest BCUT2D eigenvalue weighted by atomic mass is 10.1. The van der Waals surface area contributed by atoms with Crippen molar-refractivity contribution in [3.63, 3.8) is 0 Å². The summed E-state index contributed by atoms with van der Waals surface area (Å²) in [5, 5.41) is 10.4. The van der Waals surface area contributed by atoms with Gasteiger partial charge in [-0.3, -0.25) is 22.5 Å². The summed E-state index contributed by atoms with van der Waals surface area (Å²) >= 11 is 0. The highest BCUT2D eigenvalue weighted by molar-refractivity contribution is 7.47. The Labute approximate surface area is 212 Å². The first-order valence-corrected chi connectivity index (χ1v) is 14.1. The second-order valence-electron chi connectivity index (χ2n) is 8.67. The molecular weight excluding hydrogens is 555 g/mol. The van der Waals surface area contributed by atoms with Crippen molar-refractivity contribution in [3.05, 3.63) is 24.9 Å². The van der Waals surface area contributed by atoms with E-state index in [1.807, 2.05) is 0 Å². The number of aliphatic hydroxyl groups is 1. The molecule has 3 N–H and O–H groups in total. The molecule has 3 fully saturated rings. The van der Waals surface area contributed by atoms with Crippen LogP contribution < -0.4 is 0 Å². The van der Waals surface area contributed by atoms with Crippen LogP contribution in [0, 0.1) is 12.3 Å². The van der Waals surface area contributed by atoms with Crippen molar-refractivity contribution in [3.8, 4) is 12.3 Å². The minimum atomic E-state index is -4.99. The van der Waals surface area contributed by atoms with Gasteiger partial charge in [-0.1, -0.05) is 5.92 Å². The molecule has 204 valence electrons. The van der Waals surface area contributed by atoms with Gasteiger partial charge in [0.05, 0.1) is 19.5 Å². The van der Waals surface area contributed by atoms with Crippen LogP contribution in [0.4, 0.5) is 4.39 Å². The van der Waals surface area contributed by atoms with E-state index in [1.165, 1.54) is 23.3 Å². The monoisotopic (exact) mass is 575 g/mol. The van der Waals surface area contributed by atoms with Crippen LogP contribution in [0.1, 0.15) is 6.23 Å². The zero-order valence-corrected chi connectivity index (χ0v) is 20.8. The van der Waals surface area contributed by atoms with Gasteiger partial charge in [0.15, 0.2) is 18.0 Å². The zero-order chi connectivity index (χ0) is 26.8. The van der Waals surface area contributed by atoms with Crippen LogP contribution in [0.15, 0.2) is 24.9 Å². The summed E-state index contributed by atoms with van der Waals surface area (Å²) in [5.74, 6) is 2.52. The molecular formula is C19H20FN5O11P2. The first kappa shape index (κ1) is 25.9. The van der Waals surface area contributed by atoms with Gasteiger partial charge in [0, 0.05) is 18.6 Å². The van der Waals surface area contributed by atoms with Crippen molar-refractivity contribution in [1.82, 2.24) is 23.9 Å². The van der Waals surface area contributed by atoms with Crippen LogP contribution in [0.2, 0.25) is 0 Å². The molecule has 3 aromatic heterocycles. The molecule has 19 heteroatoms. The number of ether oxygens (including phenoxy) is 2. The van der Waals surface area contributed by atoms with E-state index < -0.39 is 77.9 Å². The number of rotatable bonds is 1. The molecule has 38 heavy (non-hydrogen) atoms. The maximum atomic E-state index is 15.7. The quantitative estimate of drug-likeness (QED) is 0.261. The Bertz CT molecular complexity index is 1510. The van der Waals surface area contributed by atoms with Gasteiger partial charge < -0.3 is 28.9 Å². The number of alkyl halides is 1. The molecule has 0 spiro atoms. The standard InChI is InChI=1S/C19H20FN5O11P2/c1-2-10-16-14(26)11(33-10)6-31-37(27,28)35-15-12(7-32-38(29,30)36-16)34-18(13(15)20)24-5-9-17(22-8-24)23-19-21-3-4-25(9)19/h1,3-5,8,10-16,18,26H,6-7H2,(H,27,28)(H,29,30)/t10-,11+,12+,13+,14+,15+,16-,18+/m0/s1. The summed E-state index contributed by atoms with van der Waals surface area (Å²) in [4.78, 5) is 33.0. The van der Waals surface area contributed by atoms with Crippen molar-refractivity contribution in [2.24, 2.45) is 0 Å². The predicted octanol–water partition coefficient (Wildman–Crippen LogP) is 0.0940. The van der Waals surface area contributed by atoms with Gasteiger partial charge in [-0.2, -0.15) is 4.98 Å². The van der Waals surface area contributed by atoms with Gasteiger partial charge in [-0.25, -0.2) is 23.5 Å². The van der Waals surface area contributed by atoms with Gasteiger partial charge in [-0.05, 0) is 0 Å². The molecule has 10 atom stereocenters. The normalized spacial score (nSPS) is 42.3. The lowest BCUT2D eigenvalue weighted by Gasteiger charge is -2.23. The van der Waals surface area contributed by atoms with Gasteiger partial charge in [-0.15, -0.1) is 6.42 Å². The summed E-state index contributed by atoms with van der Waals surface area (Å²) in [6.45, 7) is -1.55. The highest BCUT2D eigenvalue weighted by atomic mass is 31.2. The van der Waals surface area contributed by atoms with E-state index in [4.69, 9.17) is 34.0 Å². The fourth-order valence-electron chi connectivity index (χ4n) is 4.50. The fourth-order valence-corrected chi connectivity index (χ4v) is 6.39. The molecule has 3 aliphatic heterocycles. The topological polar surface area (TPSA) is 198 Å². The molecule has 16 nitrogen and oxygen atoms in total. The van der Waals surface area contributed by atoms with Gasteiger partial charge >= 0.3 is 15.6 Å². The minimum Gasteiger partial charge on any atom is -0.387 e. The Kier molecular flexibility index (Phi) is 6.42. The van der Waals surface area contributed by atoms with E-state index in [2.05, 4.69) is 20.9 Å². The van der Waals surface area contributed by atoms with Crippen molar-refractivity contribution >= 4 is 32.6 Å². The number of aromatic nitrogens is 5. The number of fused-ring (bicyclic) bond motifs is 6. The molecule has 0 aromatic carbocycles. The highest BCUT2D eigenvalue weighted by Crippen LogP contribution is 2.52. The Morgan fingerprint density at radius 2 is 1.79 bits per heavy atom. The van der Waals surface area contributed by atoms with E-state index in [-0.39, 0.29) is 0 Å². The minimum absolute atomic E-state index is 0.329. The summed E-state index contributed by atoms with van der Waals surface area (Å²) in [6, 6.07) is 0. The Morgan fingerprint density at radius 3 is 2.53 bits per heavy atom. The van der Waals surface area contributed by atoms with Crippen molar-refractivity contribution < 1.29 is 56.0 Å². The summed E-state index contributed by atoms with van der Waals surface area (Å²) in [6.07, 6.45) is -1.44. The molecule has 2 unspecified atom stereocenters. The average Bonchev–Trinajstić information content (AvgIpc) is 3.60. The average molecular weight is 575 g/mol. The molecule has 6 heterocycles. The Morgan fingerprint density at radius 1 is 1.08 bits per heavy atom. The lowest BCUT2D eigenvalue weighted by molar-refractivity contribution is -0.0528. The molecule has 0 radical (unpaired) electrons.